The zero-order valence-corrected chi connectivity index (χ0v) is 10.2. The highest BCUT2D eigenvalue weighted by atomic mass is 16.7. The molecule has 0 aliphatic carbocycles. The van der Waals surface area contributed by atoms with Crippen molar-refractivity contribution in [2.45, 2.75) is 6.92 Å². The van der Waals surface area contributed by atoms with E-state index in [-0.39, 0.29) is 11.7 Å². The number of hydrogen-bond donors (Lipinski definition) is 0. The van der Waals surface area contributed by atoms with Gasteiger partial charge in [-0.15, -0.1) is 0 Å². The second-order valence-electron chi connectivity index (χ2n) is 3.19. The minimum Gasteiger partial charge on any atom is -0.497 e. The van der Waals surface area contributed by atoms with Crippen molar-refractivity contribution in [1.82, 2.24) is 0 Å². The molecule has 0 unspecified atom stereocenters. The molecule has 0 radical (unpaired) electrons. The maximum absolute atomic E-state index is 11.8. The van der Waals surface area contributed by atoms with Crippen LogP contribution < -0.4 is 4.74 Å². The van der Waals surface area contributed by atoms with Crippen molar-refractivity contribution in [3.63, 3.8) is 0 Å². The van der Waals surface area contributed by atoms with E-state index in [4.69, 9.17) is 14.2 Å². The van der Waals surface area contributed by atoms with Crippen LogP contribution in [0.15, 0.2) is 36.3 Å². The Balaban J connectivity index is 2.80. The number of benzene rings is 1. The molecule has 0 fully saturated rings. The summed E-state index contributed by atoms with van der Waals surface area (Å²) in [6.07, 6.45) is 1.32. The number of carbonyl (C=O) groups is 1. The molecule has 0 aliphatic rings. The third-order valence-electron chi connectivity index (χ3n) is 2.11. The first-order chi connectivity index (χ1) is 8.21. The fourth-order valence-electron chi connectivity index (χ4n) is 1.25. The lowest BCUT2D eigenvalue weighted by Crippen LogP contribution is -2.01. The summed E-state index contributed by atoms with van der Waals surface area (Å²) in [5.74, 6) is 0.758. The van der Waals surface area contributed by atoms with Crippen LogP contribution in [0.5, 0.6) is 5.75 Å². The van der Waals surface area contributed by atoms with E-state index in [1.54, 1.807) is 31.4 Å². The molecule has 0 atom stereocenters. The van der Waals surface area contributed by atoms with E-state index in [1.165, 1.54) is 13.2 Å². The number of rotatable bonds is 6. The molecule has 4 heteroatoms. The van der Waals surface area contributed by atoms with Crippen molar-refractivity contribution in [1.29, 1.82) is 0 Å². The Morgan fingerprint density at radius 1 is 1.24 bits per heavy atom. The van der Waals surface area contributed by atoms with Crippen LogP contribution in [0.3, 0.4) is 0 Å². The SMILES string of the molecule is CCO/C(=C/C(=O)c1ccc(OC)cc1)OC. The second-order valence-corrected chi connectivity index (χ2v) is 3.19. The van der Waals surface area contributed by atoms with Gasteiger partial charge in [0.2, 0.25) is 0 Å². The van der Waals surface area contributed by atoms with Crippen LogP contribution in [-0.2, 0) is 9.47 Å². The largest absolute Gasteiger partial charge is 0.497 e. The number of allylic oxidation sites excluding steroid dienone is 1. The highest BCUT2D eigenvalue weighted by Crippen LogP contribution is 2.13. The van der Waals surface area contributed by atoms with E-state index < -0.39 is 0 Å². The summed E-state index contributed by atoms with van der Waals surface area (Å²) in [7, 11) is 3.04. The minimum atomic E-state index is -0.169. The van der Waals surface area contributed by atoms with Crippen LogP contribution in [0.1, 0.15) is 17.3 Å². The van der Waals surface area contributed by atoms with E-state index in [0.29, 0.717) is 17.9 Å². The first kappa shape index (κ1) is 13.1. The van der Waals surface area contributed by atoms with Crippen LogP contribution >= 0.6 is 0 Å². The van der Waals surface area contributed by atoms with Gasteiger partial charge in [0, 0.05) is 5.56 Å². The smallest absolute Gasteiger partial charge is 0.282 e. The molecule has 92 valence electrons. The number of hydrogen-bond acceptors (Lipinski definition) is 4. The van der Waals surface area contributed by atoms with Crippen LogP contribution in [0, 0.1) is 0 Å². The van der Waals surface area contributed by atoms with Gasteiger partial charge >= 0.3 is 0 Å². The number of carbonyl (C=O) groups excluding carboxylic acids is 1. The van der Waals surface area contributed by atoms with Gasteiger partial charge < -0.3 is 14.2 Å². The summed E-state index contributed by atoms with van der Waals surface area (Å²) in [5.41, 5.74) is 0.556. The van der Waals surface area contributed by atoms with E-state index in [9.17, 15) is 4.79 Å². The predicted molar refractivity (Wildman–Crippen MR) is 64.0 cm³/mol. The summed E-state index contributed by atoms with van der Waals surface area (Å²) in [6, 6.07) is 6.84. The highest BCUT2D eigenvalue weighted by Gasteiger charge is 2.06. The van der Waals surface area contributed by atoms with E-state index in [2.05, 4.69) is 0 Å². The van der Waals surface area contributed by atoms with Gasteiger partial charge in [0.15, 0.2) is 5.78 Å². The van der Waals surface area contributed by atoms with Gasteiger partial charge in [-0.3, -0.25) is 4.79 Å². The quantitative estimate of drug-likeness (QED) is 0.432. The highest BCUT2D eigenvalue weighted by molar-refractivity contribution is 6.04. The summed E-state index contributed by atoms with van der Waals surface area (Å²) in [5, 5.41) is 0. The van der Waals surface area contributed by atoms with Crippen molar-refractivity contribution in [3.8, 4) is 5.75 Å². The zero-order valence-electron chi connectivity index (χ0n) is 10.2. The Morgan fingerprint density at radius 2 is 1.88 bits per heavy atom. The topological polar surface area (TPSA) is 44.8 Å². The van der Waals surface area contributed by atoms with Gasteiger partial charge in [-0.05, 0) is 31.2 Å². The lowest BCUT2D eigenvalue weighted by atomic mass is 10.1. The maximum atomic E-state index is 11.8. The van der Waals surface area contributed by atoms with E-state index >= 15 is 0 Å². The summed E-state index contributed by atoms with van der Waals surface area (Å²) < 4.78 is 15.1. The number of ketones is 1. The van der Waals surface area contributed by atoms with Crippen molar-refractivity contribution >= 4 is 5.78 Å². The average Bonchev–Trinajstić information content (AvgIpc) is 2.38. The molecule has 17 heavy (non-hydrogen) atoms. The van der Waals surface area contributed by atoms with Crippen molar-refractivity contribution < 1.29 is 19.0 Å². The van der Waals surface area contributed by atoms with Gasteiger partial charge in [0.25, 0.3) is 5.95 Å². The van der Waals surface area contributed by atoms with Crippen LogP contribution in [-0.4, -0.2) is 26.6 Å². The Morgan fingerprint density at radius 3 is 2.35 bits per heavy atom. The number of methoxy groups -OCH3 is 2. The molecule has 0 aromatic heterocycles. The first-order valence-corrected chi connectivity index (χ1v) is 5.28. The van der Waals surface area contributed by atoms with Crippen molar-refractivity contribution in [3.05, 3.63) is 41.9 Å². The molecule has 0 saturated carbocycles. The molecular formula is C13H16O4. The molecule has 1 rings (SSSR count). The first-order valence-electron chi connectivity index (χ1n) is 5.28. The Hall–Kier alpha value is -1.97. The van der Waals surface area contributed by atoms with E-state index in [0.717, 1.165) is 0 Å². The molecule has 0 heterocycles. The molecule has 0 aliphatic heterocycles. The Kier molecular flexibility index (Phi) is 5.07. The minimum absolute atomic E-state index is 0.169. The fourth-order valence-corrected chi connectivity index (χ4v) is 1.25. The van der Waals surface area contributed by atoms with Gasteiger partial charge in [-0.25, -0.2) is 0 Å². The standard InChI is InChI=1S/C13H16O4/c1-4-17-13(16-3)9-12(14)10-5-7-11(15-2)8-6-10/h5-9H,4H2,1-3H3/b13-9+. The molecule has 0 bridgehead atoms. The molecule has 0 amide bonds. The zero-order chi connectivity index (χ0) is 12.7. The third kappa shape index (κ3) is 3.83. The van der Waals surface area contributed by atoms with Crippen LogP contribution in [0.2, 0.25) is 0 Å². The molecule has 1 aromatic carbocycles. The second kappa shape index (κ2) is 6.58. The van der Waals surface area contributed by atoms with Gasteiger partial charge in [-0.2, -0.15) is 0 Å². The molecule has 0 saturated heterocycles. The van der Waals surface area contributed by atoms with Crippen molar-refractivity contribution in [2.24, 2.45) is 0 Å². The molecular weight excluding hydrogens is 220 g/mol. The maximum Gasteiger partial charge on any atom is 0.282 e. The van der Waals surface area contributed by atoms with Crippen LogP contribution in [0.4, 0.5) is 0 Å². The molecule has 0 N–H and O–H groups in total. The Bertz CT molecular complexity index is 392. The molecule has 4 nitrogen and oxygen atoms in total. The fraction of sp³-hybridized carbons (Fsp3) is 0.308. The molecule has 0 spiro atoms. The third-order valence-corrected chi connectivity index (χ3v) is 2.11. The van der Waals surface area contributed by atoms with Crippen LogP contribution in [0.25, 0.3) is 0 Å². The molecule has 1 aromatic rings. The summed E-state index contributed by atoms with van der Waals surface area (Å²) in [6.45, 7) is 2.28. The van der Waals surface area contributed by atoms with Gasteiger partial charge in [0.05, 0.1) is 26.9 Å². The Labute approximate surface area is 101 Å². The van der Waals surface area contributed by atoms with Gasteiger partial charge in [0.1, 0.15) is 5.75 Å². The summed E-state index contributed by atoms with van der Waals surface area (Å²) in [4.78, 5) is 11.8. The lowest BCUT2D eigenvalue weighted by Gasteiger charge is -2.06. The summed E-state index contributed by atoms with van der Waals surface area (Å²) >= 11 is 0. The normalized spacial score (nSPS) is 10.9. The monoisotopic (exact) mass is 236 g/mol. The van der Waals surface area contributed by atoms with E-state index in [1.807, 2.05) is 6.92 Å². The lowest BCUT2D eigenvalue weighted by molar-refractivity contribution is 0.0662. The van der Waals surface area contributed by atoms with Gasteiger partial charge in [-0.1, -0.05) is 0 Å². The predicted octanol–water partition coefficient (Wildman–Crippen LogP) is 2.40. The number of ether oxygens (including phenoxy) is 3. The van der Waals surface area contributed by atoms with Crippen molar-refractivity contribution in [2.75, 3.05) is 20.8 Å². The average molecular weight is 236 g/mol.